The van der Waals surface area contributed by atoms with Crippen LogP contribution in [0, 0.1) is 31.8 Å². The van der Waals surface area contributed by atoms with Crippen LogP contribution < -0.4 is 19.3 Å². The lowest BCUT2D eigenvalue weighted by Crippen LogP contribution is -2.56. The average Bonchev–Trinajstić information content (AvgIpc) is 3.91. The van der Waals surface area contributed by atoms with Gasteiger partial charge in [-0.05, 0) is 125 Å². The number of nitriles is 1. The number of hydrogen-bond acceptors (Lipinski definition) is 5. The maximum atomic E-state index is 11.9. The average molecular weight is 935 g/mol. The summed E-state index contributed by atoms with van der Waals surface area (Å²) in [6, 6.07) is 69.5. The highest BCUT2D eigenvalue weighted by atomic mass is 16.6. The van der Waals surface area contributed by atoms with Gasteiger partial charge in [0.1, 0.15) is 16.9 Å². The molecule has 348 valence electrons. The van der Waals surface area contributed by atoms with E-state index in [-0.39, 0.29) is 11.3 Å². The minimum atomic E-state index is -0.914. The first-order valence-electron chi connectivity index (χ1n) is 24.3. The molecule has 0 N–H and O–H groups in total. The Hall–Kier alpha value is -9.24. The van der Waals surface area contributed by atoms with Crippen LogP contribution in [-0.4, -0.2) is 20.3 Å². The van der Waals surface area contributed by atoms with Gasteiger partial charge in [0.05, 0.1) is 46.0 Å². The van der Waals surface area contributed by atoms with E-state index in [0.29, 0.717) is 22.9 Å². The summed E-state index contributed by atoms with van der Waals surface area (Å²) in [6.07, 6.45) is 0. The van der Waals surface area contributed by atoms with Gasteiger partial charge < -0.3 is 28.4 Å². The predicted molar refractivity (Wildman–Crippen MR) is 294 cm³/mol. The van der Waals surface area contributed by atoms with E-state index in [1.807, 2.05) is 64.1 Å². The molecular weight excluding hydrogens is 885 g/mol. The summed E-state index contributed by atoms with van der Waals surface area (Å²) >= 11 is 0. The molecule has 0 fully saturated rings. The zero-order chi connectivity index (χ0) is 49.5. The third-order valence-corrected chi connectivity index (χ3v) is 14.7. The Bertz CT molecular complexity index is 3790. The maximum Gasteiger partial charge on any atom is 0.234 e. The van der Waals surface area contributed by atoms with Crippen LogP contribution in [0.5, 0.6) is 11.5 Å². The summed E-state index contributed by atoms with van der Waals surface area (Å²) in [5, 5.41) is 16.3. The number of anilines is 6. The fraction of sp³-hybridized carbons (Fsp3) is 0.125. The van der Waals surface area contributed by atoms with Crippen molar-refractivity contribution in [2.45, 2.75) is 52.7 Å². The molecule has 0 atom stereocenters. The number of hydrogen-bond donors (Lipinski definition) is 0. The molecule has 0 amide bonds. The molecule has 8 nitrogen and oxygen atoms in total. The fourth-order valence-corrected chi connectivity index (χ4v) is 10.6. The number of aromatic nitrogens is 2. The van der Waals surface area contributed by atoms with Crippen LogP contribution in [0.2, 0.25) is 0 Å². The quantitative estimate of drug-likeness (QED) is 0.142. The molecule has 72 heavy (non-hydrogen) atoms. The molecule has 9 aromatic carbocycles. The molecule has 8 heteroatoms. The van der Waals surface area contributed by atoms with E-state index in [9.17, 15) is 11.8 Å². The third kappa shape index (κ3) is 6.72. The topological polar surface area (TPSA) is 63.0 Å². The van der Waals surface area contributed by atoms with Crippen LogP contribution in [-0.2, 0) is 0 Å². The van der Waals surface area contributed by atoms with Gasteiger partial charge in [0.15, 0.2) is 11.5 Å². The molecule has 12 rings (SSSR count). The van der Waals surface area contributed by atoms with E-state index < -0.39 is 11.2 Å². The monoisotopic (exact) mass is 934 g/mol. The van der Waals surface area contributed by atoms with E-state index >= 15 is 0 Å². The molecule has 2 aromatic heterocycles. The van der Waals surface area contributed by atoms with E-state index in [2.05, 4.69) is 201 Å². The SMILES string of the molecule is [C-]#[N+]c1c(C#N)c(N(c2ccc3c4ccccc4n(-c4ccccc4)c3c2)c2ccccc2C)c2c(c1N(c1ccc3c4ccccc4n(-c4ccccc4)c3c1)c1ccccc1C)OC(C)(C)C(C)(C)O2. The lowest BCUT2D eigenvalue weighted by atomic mass is 9.87. The third-order valence-electron chi connectivity index (χ3n) is 14.7. The second kappa shape index (κ2) is 16.7. The Morgan fingerprint density at radius 3 is 1.31 bits per heavy atom. The molecule has 11 aromatic rings. The number of aryl methyl sites for hydroxylation is 2. The van der Waals surface area contributed by atoms with Crippen molar-refractivity contribution in [3.8, 4) is 28.9 Å². The Labute approximate surface area is 419 Å². The van der Waals surface area contributed by atoms with Crippen molar-refractivity contribution < 1.29 is 9.47 Å². The molecule has 1 aliphatic rings. The first kappa shape index (κ1) is 44.0. The van der Waals surface area contributed by atoms with E-state index in [0.717, 1.165) is 88.9 Å². The minimum Gasteiger partial charge on any atom is -0.479 e. The second-order valence-corrected chi connectivity index (χ2v) is 19.6. The molecule has 0 saturated carbocycles. The highest BCUT2D eigenvalue weighted by molar-refractivity contribution is 6.13. The van der Waals surface area contributed by atoms with Crippen molar-refractivity contribution in [1.29, 1.82) is 5.26 Å². The summed E-state index contributed by atoms with van der Waals surface area (Å²) in [5.74, 6) is 0.729. The molecular formula is C64H50N6O2. The van der Waals surface area contributed by atoms with Gasteiger partial charge >= 0.3 is 0 Å². The van der Waals surface area contributed by atoms with Crippen LogP contribution in [0.15, 0.2) is 194 Å². The zero-order valence-corrected chi connectivity index (χ0v) is 41.0. The summed E-state index contributed by atoms with van der Waals surface area (Å²) in [4.78, 5) is 8.59. The zero-order valence-electron chi connectivity index (χ0n) is 41.0. The highest BCUT2D eigenvalue weighted by Crippen LogP contribution is 2.63. The van der Waals surface area contributed by atoms with Crippen LogP contribution in [0.25, 0.3) is 59.8 Å². The van der Waals surface area contributed by atoms with Gasteiger partial charge in [-0.1, -0.05) is 121 Å². The first-order valence-corrected chi connectivity index (χ1v) is 24.3. The van der Waals surface area contributed by atoms with Gasteiger partial charge in [0.2, 0.25) is 5.69 Å². The standard InChI is InChI=1S/C64H50N6O2/c1-41-22-14-18-30-52(41)69(45-34-36-49-47-28-16-20-32-54(47)67(56(49)38-45)43-24-10-8-11-25-43)59-51(40-65)58(66-7)60(62-61(59)71-63(3,4)64(5,6)72-62)70(53-31-19-15-23-42(53)2)46-35-37-50-48-29-17-21-33-55(48)68(57(50)39-46)44-26-12-9-13-27-44/h8-39H,1-6H3. The second-order valence-electron chi connectivity index (χ2n) is 19.6. The van der Waals surface area contributed by atoms with Crippen molar-refractivity contribution in [3.63, 3.8) is 0 Å². The number of fused-ring (bicyclic) bond motifs is 7. The highest BCUT2D eigenvalue weighted by Gasteiger charge is 2.50. The van der Waals surface area contributed by atoms with Crippen LogP contribution in [0.1, 0.15) is 44.4 Å². The molecule has 0 unspecified atom stereocenters. The lowest BCUT2D eigenvalue weighted by molar-refractivity contribution is -0.0981. The predicted octanol–water partition coefficient (Wildman–Crippen LogP) is 17.2. The van der Waals surface area contributed by atoms with Crippen LogP contribution in [0.3, 0.4) is 0 Å². The summed E-state index contributed by atoms with van der Waals surface area (Å²) in [6.45, 7) is 21.5. The first-order chi connectivity index (χ1) is 35.0. The number of nitrogens with zero attached hydrogens (tertiary/aromatic N) is 6. The Kier molecular flexibility index (Phi) is 10.2. The molecule has 0 aliphatic carbocycles. The van der Waals surface area contributed by atoms with Crippen molar-refractivity contribution in [3.05, 3.63) is 222 Å². The molecule has 0 radical (unpaired) electrons. The number of para-hydroxylation sites is 6. The Balaban J connectivity index is 1.20. The van der Waals surface area contributed by atoms with Gasteiger partial charge in [-0.15, -0.1) is 0 Å². The van der Waals surface area contributed by atoms with Crippen molar-refractivity contribution in [2.24, 2.45) is 0 Å². The minimum absolute atomic E-state index is 0.135. The van der Waals surface area contributed by atoms with Gasteiger partial charge in [-0.2, -0.15) is 5.26 Å². The molecule has 3 heterocycles. The van der Waals surface area contributed by atoms with Crippen molar-refractivity contribution in [1.82, 2.24) is 9.13 Å². The fourth-order valence-electron chi connectivity index (χ4n) is 10.6. The lowest BCUT2D eigenvalue weighted by Gasteiger charge is -2.48. The smallest absolute Gasteiger partial charge is 0.234 e. The van der Waals surface area contributed by atoms with Gasteiger partial charge in [0, 0.05) is 55.7 Å². The normalized spacial score (nSPS) is 13.6. The van der Waals surface area contributed by atoms with E-state index in [1.165, 1.54) is 0 Å². The largest absolute Gasteiger partial charge is 0.479 e. The summed E-state index contributed by atoms with van der Waals surface area (Å²) in [5.41, 5.74) is 10.6. The van der Waals surface area contributed by atoms with Crippen LogP contribution in [0.4, 0.5) is 39.8 Å². The summed E-state index contributed by atoms with van der Waals surface area (Å²) < 4.78 is 19.4. The van der Waals surface area contributed by atoms with Gasteiger partial charge in [-0.3, -0.25) is 0 Å². The maximum absolute atomic E-state index is 11.9. The van der Waals surface area contributed by atoms with E-state index in [1.54, 1.807) is 0 Å². The van der Waals surface area contributed by atoms with E-state index in [4.69, 9.17) is 9.47 Å². The number of ether oxygens (including phenoxy) is 2. The molecule has 1 aliphatic heterocycles. The van der Waals surface area contributed by atoms with Gasteiger partial charge in [0.25, 0.3) is 0 Å². The Morgan fingerprint density at radius 2 is 0.861 bits per heavy atom. The van der Waals surface area contributed by atoms with Crippen molar-refractivity contribution in [2.75, 3.05) is 9.80 Å². The van der Waals surface area contributed by atoms with Crippen LogP contribution >= 0.6 is 0 Å². The van der Waals surface area contributed by atoms with Gasteiger partial charge in [-0.25, -0.2) is 4.85 Å². The Morgan fingerprint density at radius 1 is 0.472 bits per heavy atom. The molecule has 0 bridgehead atoms. The summed E-state index contributed by atoms with van der Waals surface area (Å²) in [7, 11) is 0. The molecule has 0 saturated heterocycles. The number of benzene rings is 9. The number of rotatable bonds is 8. The van der Waals surface area contributed by atoms with Crippen molar-refractivity contribution >= 4 is 83.4 Å². The molecule has 0 spiro atoms.